The smallest absolute Gasteiger partial charge is 0.170 e. The van der Waals surface area contributed by atoms with Gasteiger partial charge in [-0.15, -0.1) is 0 Å². The van der Waals surface area contributed by atoms with Gasteiger partial charge >= 0.3 is 0 Å². The second-order valence-electron chi connectivity index (χ2n) is 4.78. The fraction of sp³-hybridized carbons (Fsp3) is 0.462. The van der Waals surface area contributed by atoms with E-state index in [0.29, 0.717) is 12.1 Å². The number of nitrogens with zero attached hydrogens (tertiary/aromatic N) is 2. The van der Waals surface area contributed by atoms with E-state index < -0.39 is 5.82 Å². The van der Waals surface area contributed by atoms with Crippen LogP contribution in [0.3, 0.4) is 0 Å². The molecule has 1 aliphatic heterocycles. The molecule has 1 aromatic rings. The lowest BCUT2D eigenvalue weighted by molar-refractivity contribution is 0.153. The van der Waals surface area contributed by atoms with Crippen molar-refractivity contribution < 1.29 is 14.7 Å². The molecule has 104 valence electrons. The second kappa shape index (κ2) is 5.99. The van der Waals surface area contributed by atoms with E-state index >= 15 is 0 Å². The van der Waals surface area contributed by atoms with Gasteiger partial charge in [0.15, 0.2) is 5.84 Å². The van der Waals surface area contributed by atoms with Crippen LogP contribution in [0.4, 0.5) is 4.39 Å². The summed E-state index contributed by atoms with van der Waals surface area (Å²) in [6, 6.07) is 4.49. The Morgan fingerprint density at radius 2 is 2.26 bits per heavy atom. The number of halogens is 1. The summed E-state index contributed by atoms with van der Waals surface area (Å²) in [6.07, 6.45) is 1.99. The summed E-state index contributed by atoms with van der Waals surface area (Å²) in [7, 11) is 0. The maximum atomic E-state index is 13.5. The topological polar surface area (TPSA) is 82.1 Å². The standard InChI is InChI=1S/C13H18FN3O2/c14-11-5-9(4-10(6-11)13(15)16-19)7-17-3-1-2-12(17)8-18/h4-6,12,18-19H,1-3,7-8H2,(H2,15,16). The second-order valence-corrected chi connectivity index (χ2v) is 4.78. The number of nitrogens with two attached hydrogens (primary N) is 1. The van der Waals surface area contributed by atoms with Crippen molar-refractivity contribution in [1.82, 2.24) is 4.90 Å². The van der Waals surface area contributed by atoms with Gasteiger partial charge in [-0.05, 0) is 43.1 Å². The normalized spacial score (nSPS) is 20.9. The van der Waals surface area contributed by atoms with E-state index in [4.69, 9.17) is 10.9 Å². The van der Waals surface area contributed by atoms with Crippen molar-refractivity contribution in [2.45, 2.75) is 25.4 Å². The summed E-state index contributed by atoms with van der Waals surface area (Å²) >= 11 is 0. The number of likely N-dealkylation sites (tertiary alicyclic amines) is 1. The van der Waals surface area contributed by atoms with E-state index in [0.717, 1.165) is 24.9 Å². The number of oxime groups is 1. The number of rotatable bonds is 4. The Balaban J connectivity index is 2.18. The Morgan fingerprint density at radius 3 is 2.95 bits per heavy atom. The molecule has 0 bridgehead atoms. The van der Waals surface area contributed by atoms with Crippen LogP contribution in [0.15, 0.2) is 23.4 Å². The predicted octanol–water partition coefficient (Wildman–Crippen LogP) is 0.877. The average molecular weight is 267 g/mol. The zero-order valence-corrected chi connectivity index (χ0v) is 10.6. The Kier molecular flexibility index (Phi) is 4.34. The molecule has 4 N–H and O–H groups in total. The highest BCUT2D eigenvalue weighted by atomic mass is 19.1. The predicted molar refractivity (Wildman–Crippen MR) is 69.4 cm³/mol. The Morgan fingerprint density at radius 1 is 1.47 bits per heavy atom. The number of benzene rings is 1. The van der Waals surface area contributed by atoms with Crippen LogP contribution < -0.4 is 5.73 Å². The summed E-state index contributed by atoms with van der Waals surface area (Å²) in [5, 5.41) is 20.8. The fourth-order valence-electron chi connectivity index (χ4n) is 2.49. The number of hydrogen-bond acceptors (Lipinski definition) is 4. The molecule has 0 aromatic heterocycles. The third-order valence-electron chi connectivity index (χ3n) is 3.46. The highest BCUT2D eigenvalue weighted by Gasteiger charge is 2.23. The molecule has 1 atom stereocenters. The van der Waals surface area contributed by atoms with Crippen LogP contribution in [-0.2, 0) is 6.54 Å². The molecule has 1 aliphatic rings. The van der Waals surface area contributed by atoms with Crippen molar-refractivity contribution >= 4 is 5.84 Å². The van der Waals surface area contributed by atoms with Gasteiger partial charge in [0.25, 0.3) is 0 Å². The lowest BCUT2D eigenvalue weighted by Crippen LogP contribution is -2.31. The van der Waals surface area contributed by atoms with E-state index in [1.54, 1.807) is 6.07 Å². The lowest BCUT2D eigenvalue weighted by Gasteiger charge is -2.22. The first-order chi connectivity index (χ1) is 9.13. The molecular formula is C13H18FN3O2. The number of amidine groups is 1. The Hall–Kier alpha value is -1.66. The quantitative estimate of drug-likeness (QED) is 0.327. The van der Waals surface area contributed by atoms with Crippen LogP contribution in [0.1, 0.15) is 24.0 Å². The van der Waals surface area contributed by atoms with Crippen LogP contribution >= 0.6 is 0 Å². The number of aliphatic hydroxyl groups is 1. The van der Waals surface area contributed by atoms with E-state index in [1.807, 2.05) is 0 Å². The summed E-state index contributed by atoms with van der Waals surface area (Å²) in [5.74, 6) is -0.528. The van der Waals surface area contributed by atoms with Gasteiger partial charge in [-0.3, -0.25) is 4.90 Å². The van der Waals surface area contributed by atoms with Crippen molar-refractivity contribution in [3.05, 3.63) is 35.1 Å². The van der Waals surface area contributed by atoms with Crippen LogP contribution in [0.25, 0.3) is 0 Å². The highest BCUT2D eigenvalue weighted by Crippen LogP contribution is 2.20. The monoisotopic (exact) mass is 267 g/mol. The zero-order chi connectivity index (χ0) is 13.8. The van der Waals surface area contributed by atoms with Gasteiger partial charge < -0.3 is 16.0 Å². The highest BCUT2D eigenvalue weighted by molar-refractivity contribution is 5.97. The van der Waals surface area contributed by atoms with Gasteiger partial charge in [0.1, 0.15) is 5.82 Å². The van der Waals surface area contributed by atoms with E-state index in [-0.39, 0.29) is 18.5 Å². The maximum Gasteiger partial charge on any atom is 0.170 e. The molecule has 1 unspecified atom stereocenters. The van der Waals surface area contributed by atoms with Gasteiger partial charge in [0, 0.05) is 18.2 Å². The molecular weight excluding hydrogens is 249 g/mol. The maximum absolute atomic E-state index is 13.5. The third kappa shape index (κ3) is 3.21. The molecule has 0 saturated carbocycles. The zero-order valence-electron chi connectivity index (χ0n) is 10.6. The molecule has 1 aromatic carbocycles. The minimum absolute atomic E-state index is 0.110. The average Bonchev–Trinajstić information content (AvgIpc) is 2.84. The van der Waals surface area contributed by atoms with Crippen LogP contribution in [-0.4, -0.2) is 40.2 Å². The van der Waals surface area contributed by atoms with Crippen molar-refractivity contribution in [2.75, 3.05) is 13.2 Å². The molecule has 1 saturated heterocycles. The SMILES string of the molecule is N/C(=N/O)c1cc(F)cc(CN2CCCC2CO)c1. The lowest BCUT2D eigenvalue weighted by atomic mass is 10.1. The van der Waals surface area contributed by atoms with E-state index in [2.05, 4.69) is 10.1 Å². The first-order valence-corrected chi connectivity index (χ1v) is 6.26. The summed E-state index contributed by atoms with van der Waals surface area (Å²) in [4.78, 5) is 2.12. The Labute approximate surface area is 111 Å². The van der Waals surface area contributed by atoms with Crippen molar-refractivity contribution in [3.8, 4) is 0 Å². The molecule has 0 amide bonds. The summed E-state index contributed by atoms with van der Waals surface area (Å²) in [5.41, 5.74) is 6.58. The van der Waals surface area contributed by atoms with Gasteiger partial charge in [-0.25, -0.2) is 4.39 Å². The van der Waals surface area contributed by atoms with E-state index in [1.165, 1.54) is 12.1 Å². The molecule has 1 heterocycles. The number of hydrogen-bond donors (Lipinski definition) is 3. The minimum atomic E-state index is -0.418. The fourth-order valence-corrected chi connectivity index (χ4v) is 2.49. The van der Waals surface area contributed by atoms with Crippen molar-refractivity contribution in [1.29, 1.82) is 0 Å². The van der Waals surface area contributed by atoms with Crippen LogP contribution in [0.5, 0.6) is 0 Å². The Bertz CT molecular complexity index is 479. The van der Waals surface area contributed by atoms with E-state index in [9.17, 15) is 9.50 Å². The molecule has 19 heavy (non-hydrogen) atoms. The van der Waals surface area contributed by atoms with Gasteiger partial charge in [-0.1, -0.05) is 5.16 Å². The van der Waals surface area contributed by atoms with Crippen LogP contribution in [0.2, 0.25) is 0 Å². The minimum Gasteiger partial charge on any atom is -0.409 e. The summed E-state index contributed by atoms with van der Waals surface area (Å²) < 4.78 is 13.5. The molecule has 0 spiro atoms. The van der Waals surface area contributed by atoms with Gasteiger partial charge in [0.05, 0.1) is 6.61 Å². The van der Waals surface area contributed by atoms with Crippen molar-refractivity contribution in [2.24, 2.45) is 10.9 Å². The first-order valence-electron chi connectivity index (χ1n) is 6.26. The molecule has 6 heteroatoms. The first kappa shape index (κ1) is 13.8. The molecule has 5 nitrogen and oxygen atoms in total. The van der Waals surface area contributed by atoms with Gasteiger partial charge in [0.2, 0.25) is 0 Å². The molecule has 2 rings (SSSR count). The van der Waals surface area contributed by atoms with Crippen molar-refractivity contribution in [3.63, 3.8) is 0 Å². The van der Waals surface area contributed by atoms with Crippen LogP contribution in [0, 0.1) is 5.82 Å². The largest absolute Gasteiger partial charge is 0.409 e. The number of aliphatic hydroxyl groups excluding tert-OH is 1. The third-order valence-corrected chi connectivity index (χ3v) is 3.46. The molecule has 0 aliphatic carbocycles. The molecule has 1 fully saturated rings. The van der Waals surface area contributed by atoms with Gasteiger partial charge in [-0.2, -0.15) is 0 Å². The summed E-state index contributed by atoms with van der Waals surface area (Å²) in [6.45, 7) is 1.55. The molecule has 0 radical (unpaired) electrons.